The predicted molar refractivity (Wildman–Crippen MR) is 73.2 cm³/mol. The van der Waals surface area contributed by atoms with Crippen molar-refractivity contribution in [1.82, 2.24) is 9.55 Å². The summed E-state index contributed by atoms with van der Waals surface area (Å²) in [5, 5.41) is 4.74. The monoisotopic (exact) mass is 333 g/mol. The molecule has 0 amide bonds. The van der Waals surface area contributed by atoms with Crippen molar-refractivity contribution in [2.75, 3.05) is 0 Å². The predicted octanol–water partition coefficient (Wildman–Crippen LogP) is 0.0248. The summed E-state index contributed by atoms with van der Waals surface area (Å²) >= 11 is 5.61. The number of nitrogens with one attached hydrogen (secondary N) is 1. The van der Waals surface area contributed by atoms with Gasteiger partial charge in [-0.25, -0.2) is 22.7 Å². The maximum atomic E-state index is 13.0. The Hall–Kier alpha value is -1.97. The van der Waals surface area contributed by atoms with E-state index in [1.54, 1.807) is 0 Å². The highest BCUT2D eigenvalue weighted by Crippen LogP contribution is 2.16. The number of nitrogens with two attached hydrogens (primary N) is 1. The van der Waals surface area contributed by atoms with Crippen LogP contribution in [-0.2, 0) is 16.6 Å². The topological polar surface area (TPSA) is 115 Å². The van der Waals surface area contributed by atoms with Gasteiger partial charge in [0.2, 0.25) is 10.0 Å². The first kappa shape index (κ1) is 15.4. The fourth-order valence-electron chi connectivity index (χ4n) is 1.64. The normalized spacial score (nSPS) is 11.6. The van der Waals surface area contributed by atoms with Gasteiger partial charge in [-0.2, -0.15) is 0 Å². The molecule has 0 fully saturated rings. The van der Waals surface area contributed by atoms with Crippen molar-refractivity contribution in [2.45, 2.75) is 11.4 Å². The van der Waals surface area contributed by atoms with Gasteiger partial charge in [0.05, 0.1) is 11.6 Å². The third-order valence-electron chi connectivity index (χ3n) is 2.62. The van der Waals surface area contributed by atoms with E-state index in [4.69, 9.17) is 16.7 Å². The molecule has 0 atom stereocenters. The smallest absolute Gasteiger partial charge is 0.295 e. The average Bonchev–Trinajstić information content (AvgIpc) is 2.35. The van der Waals surface area contributed by atoms with E-state index in [0.717, 1.165) is 16.8 Å². The molecule has 0 saturated carbocycles. The van der Waals surface area contributed by atoms with Gasteiger partial charge in [-0.1, -0.05) is 17.7 Å². The number of nitrogens with zero attached hydrogens (tertiary/aromatic N) is 1. The van der Waals surface area contributed by atoms with E-state index in [1.807, 2.05) is 4.98 Å². The van der Waals surface area contributed by atoms with Gasteiger partial charge in [-0.15, -0.1) is 0 Å². The minimum atomic E-state index is -4.27. The number of rotatable bonds is 3. The molecule has 3 N–H and O–H groups in total. The maximum absolute atomic E-state index is 13.0. The van der Waals surface area contributed by atoms with Crippen LogP contribution in [0.2, 0.25) is 5.02 Å². The van der Waals surface area contributed by atoms with Gasteiger partial charge >= 0.3 is 5.69 Å². The van der Waals surface area contributed by atoms with Crippen LogP contribution in [0.15, 0.2) is 38.9 Å². The Morgan fingerprint density at radius 1 is 1.33 bits per heavy atom. The molecule has 0 aliphatic heterocycles. The summed E-state index contributed by atoms with van der Waals surface area (Å²) < 4.78 is 36.4. The van der Waals surface area contributed by atoms with Gasteiger partial charge in [-0.3, -0.25) is 14.3 Å². The maximum Gasteiger partial charge on any atom is 0.328 e. The lowest BCUT2D eigenvalue weighted by Gasteiger charge is -2.07. The second-order valence-corrected chi connectivity index (χ2v) is 6.11. The van der Waals surface area contributed by atoms with E-state index in [1.165, 1.54) is 12.1 Å². The second-order valence-electron chi connectivity index (χ2n) is 4.17. The SMILES string of the molecule is NS(=O)(=O)c1cn(Cc2ccc(F)c(Cl)c2)c(=O)[nH]c1=O. The highest BCUT2D eigenvalue weighted by atomic mass is 35.5. The second kappa shape index (κ2) is 5.43. The van der Waals surface area contributed by atoms with Gasteiger partial charge < -0.3 is 0 Å². The van der Waals surface area contributed by atoms with Crippen LogP contribution in [0.5, 0.6) is 0 Å². The van der Waals surface area contributed by atoms with E-state index in [2.05, 4.69) is 0 Å². The third kappa shape index (κ3) is 3.38. The molecule has 112 valence electrons. The van der Waals surface area contributed by atoms with Crippen molar-refractivity contribution in [2.24, 2.45) is 5.14 Å². The van der Waals surface area contributed by atoms with Crippen LogP contribution in [0.3, 0.4) is 0 Å². The first-order valence-corrected chi connectivity index (χ1v) is 7.41. The first-order chi connectivity index (χ1) is 9.68. The lowest BCUT2D eigenvalue weighted by molar-refractivity contribution is 0.591. The van der Waals surface area contributed by atoms with Gasteiger partial charge in [0.1, 0.15) is 5.82 Å². The molecule has 0 bridgehead atoms. The average molecular weight is 334 g/mol. The number of aromatic amines is 1. The molecule has 2 rings (SSSR count). The van der Waals surface area contributed by atoms with E-state index in [-0.39, 0.29) is 11.6 Å². The molecule has 2 aromatic rings. The van der Waals surface area contributed by atoms with Crippen LogP contribution in [0, 0.1) is 5.82 Å². The summed E-state index contributed by atoms with van der Waals surface area (Å²) in [6.07, 6.45) is 0.827. The molecule has 1 heterocycles. The fraction of sp³-hybridized carbons (Fsp3) is 0.0909. The Labute approximate surface area is 122 Å². The summed E-state index contributed by atoms with van der Waals surface area (Å²) in [5.74, 6) is -0.626. The van der Waals surface area contributed by atoms with Crippen molar-refractivity contribution in [1.29, 1.82) is 0 Å². The molecule has 0 aliphatic carbocycles. The Morgan fingerprint density at radius 3 is 2.57 bits per heavy atom. The highest BCUT2D eigenvalue weighted by molar-refractivity contribution is 7.89. The highest BCUT2D eigenvalue weighted by Gasteiger charge is 2.15. The minimum Gasteiger partial charge on any atom is -0.295 e. The van der Waals surface area contributed by atoms with E-state index < -0.39 is 32.0 Å². The zero-order valence-electron chi connectivity index (χ0n) is 10.3. The van der Waals surface area contributed by atoms with Gasteiger partial charge in [0.15, 0.2) is 4.90 Å². The summed E-state index contributed by atoms with van der Waals surface area (Å²) in [7, 11) is -4.27. The number of aromatic nitrogens is 2. The third-order valence-corrected chi connectivity index (χ3v) is 3.82. The molecule has 7 nitrogen and oxygen atoms in total. The Kier molecular flexibility index (Phi) is 3.99. The number of H-pyrrole nitrogens is 1. The molecule has 10 heteroatoms. The molecule has 21 heavy (non-hydrogen) atoms. The molecule has 0 saturated heterocycles. The van der Waals surface area contributed by atoms with Crippen LogP contribution in [0.4, 0.5) is 4.39 Å². The summed E-state index contributed by atoms with van der Waals surface area (Å²) in [4.78, 5) is 24.1. The summed E-state index contributed by atoms with van der Waals surface area (Å²) in [6, 6.07) is 3.76. The lowest BCUT2D eigenvalue weighted by atomic mass is 10.2. The molecule has 0 radical (unpaired) electrons. The van der Waals surface area contributed by atoms with Crippen molar-refractivity contribution in [3.05, 3.63) is 61.6 Å². The van der Waals surface area contributed by atoms with Crippen LogP contribution in [0.1, 0.15) is 5.56 Å². The number of hydrogen-bond acceptors (Lipinski definition) is 4. The number of sulfonamides is 1. The first-order valence-electron chi connectivity index (χ1n) is 5.49. The van der Waals surface area contributed by atoms with Gasteiger partial charge in [0.25, 0.3) is 5.56 Å². The zero-order chi connectivity index (χ0) is 15.8. The molecule has 0 aliphatic rings. The van der Waals surface area contributed by atoms with Crippen LogP contribution < -0.4 is 16.4 Å². The standard InChI is InChI=1S/C11H9ClFN3O4S/c12-7-3-6(1-2-8(7)13)4-16-5-9(21(14,19)20)10(17)15-11(16)18/h1-3,5H,4H2,(H2,14,19,20)(H,15,17,18). The van der Waals surface area contributed by atoms with Crippen LogP contribution in [-0.4, -0.2) is 18.0 Å². The minimum absolute atomic E-state index is 0.113. The Morgan fingerprint density at radius 2 is 2.00 bits per heavy atom. The van der Waals surface area contributed by atoms with Crippen molar-refractivity contribution in [3.63, 3.8) is 0 Å². The zero-order valence-corrected chi connectivity index (χ0v) is 11.9. The number of benzene rings is 1. The molecule has 0 unspecified atom stereocenters. The number of hydrogen-bond donors (Lipinski definition) is 2. The molecule has 0 spiro atoms. The van der Waals surface area contributed by atoms with Crippen molar-refractivity contribution in [3.8, 4) is 0 Å². The van der Waals surface area contributed by atoms with E-state index in [9.17, 15) is 22.4 Å². The van der Waals surface area contributed by atoms with E-state index in [0.29, 0.717) is 5.56 Å². The largest absolute Gasteiger partial charge is 0.328 e. The molecular weight excluding hydrogens is 325 g/mol. The Bertz CT molecular complexity index is 920. The molecule has 1 aromatic heterocycles. The number of halogens is 2. The quantitative estimate of drug-likeness (QED) is 0.824. The Balaban J connectivity index is 2.52. The lowest BCUT2D eigenvalue weighted by Crippen LogP contribution is -2.34. The molecular formula is C11H9ClFN3O4S. The number of primary sulfonamides is 1. The van der Waals surface area contributed by atoms with Crippen molar-refractivity contribution >= 4 is 21.6 Å². The van der Waals surface area contributed by atoms with Gasteiger partial charge in [-0.05, 0) is 17.7 Å². The summed E-state index contributed by atoms with van der Waals surface area (Å²) in [6.45, 7) is -0.113. The van der Waals surface area contributed by atoms with E-state index >= 15 is 0 Å². The fourth-order valence-corrected chi connectivity index (χ4v) is 2.43. The molecule has 1 aromatic carbocycles. The summed E-state index contributed by atoms with van der Waals surface area (Å²) in [5.41, 5.74) is -1.49. The van der Waals surface area contributed by atoms with Crippen LogP contribution >= 0.6 is 11.6 Å². The van der Waals surface area contributed by atoms with Crippen molar-refractivity contribution < 1.29 is 12.8 Å². The van der Waals surface area contributed by atoms with Crippen LogP contribution in [0.25, 0.3) is 0 Å². The van der Waals surface area contributed by atoms with Gasteiger partial charge in [0, 0.05) is 6.20 Å².